The number of hydrogen-bond acceptors (Lipinski definition) is 3. The van der Waals surface area contributed by atoms with Crippen LogP contribution in [-0.2, 0) is 0 Å². The number of ether oxygens (including phenoxy) is 2. The minimum absolute atomic E-state index is 0.00793. The standard InChI is InChI=1S/C19H20FNO3/c1-23-15-8-5-13(6-9-15)17-4-3-11-21(17)19(22)14-7-10-18(24-2)16(20)12-14/h5-10,12,17H,3-4,11H2,1-2H3/t17-/m1/s1. The molecule has 126 valence electrons. The molecule has 1 heterocycles. The van der Waals surface area contributed by atoms with E-state index in [1.165, 1.54) is 19.2 Å². The summed E-state index contributed by atoms with van der Waals surface area (Å²) in [6, 6.07) is 12.1. The van der Waals surface area contributed by atoms with Crippen LogP contribution in [-0.4, -0.2) is 31.6 Å². The number of nitrogens with zero attached hydrogens (tertiary/aromatic N) is 1. The Labute approximate surface area is 140 Å². The first kappa shape index (κ1) is 16.3. The van der Waals surface area contributed by atoms with Gasteiger partial charge in [-0.2, -0.15) is 0 Å². The highest BCUT2D eigenvalue weighted by Crippen LogP contribution is 2.34. The molecule has 0 spiro atoms. The van der Waals surface area contributed by atoms with Crippen LogP contribution in [0, 0.1) is 5.82 Å². The normalized spacial score (nSPS) is 17.0. The molecule has 0 bridgehead atoms. The quantitative estimate of drug-likeness (QED) is 0.856. The number of carbonyl (C=O) groups is 1. The molecular weight excluding hydrogens is 309 g/mol. The van der Waals surface area contributed by atoms with Gasteiger partial charge in [0.2, 0.25) is 0 Å². The van der Waals surface area contributed by atoms with Gasteiger partial charge in [0.05, 0.1) is 20.3 Å². The third-order valence-corrected chi connectivity index (χ3v) is 4.41. The van der Waals surface area contributed by atoms with Gasteiger partial charge in [0.25, 0.3) is 5.91 Å². The minimum atomic E-state index is -0.524. The van der Waals surface area contributed by atoms with Crippen LogP contribution >= 0.6 is 0 Å². The van der Waals surface area contributed by atoms with Gasteiger partial charge in [0.15, 0.2) is 11.6 Å². The van der Waals surface area contributed by atoms with Gasteiger partial charge >= 0.3 is 0 Å². The number of carbonyl (C=O) groups excluding carboxylic acids is 1. The van der Waals surface area contributed by atoms with Gasteiger partial charge in [-0.05, 0) is 48.7 Å². The number of hydrogen-bond donors (Lipinski definition) is 0. The Balaban J connectivity index is 1.84. The molecule has 2 aromatic rings. The highest BCUT2D eigenvalue weighted by molar-refractivity contribution is 5.94. The Kier molecular flexibility index (Phi) is 4.69. The summed E-state index contributed by atoms with van der Waals surface area (Å²) in [6.45, 7) is 0.670. The first-order valence-corrected chi connectivity index (χ1v) is 7.92. The van der Waals surface area contributed by atoms with Gasteiger partial charge in [-0.3, -0.25) is 4.79 Å². The number of benzene rings is 2. The summed E-state index contributed by atoms with van der Waals surface area (Å²) < 4.78 is 24.0. The summed E-state index contributed by atoms with van der Waals surface area (Å²) in [7, 11) is 3.03. The van der Waals surface area contributed by atoms with Crippen LogP contribution in [0.4, 0.5) is 4.39 Å². The van der Waals surface area contributed by atoms with Crippen molar-refractivity contribution in [1.29, 1.82) is 0 Å². The summed E-state index contributed by atoms with van der Waals surface area (Å²) in [4.78, 5) is 14.6. The fraction of sp³-hybridized carbons (Fsp3) is 0.316. The molecule has 0 saturated carbocycles. The van der Waals surface area contributed by atoms with E-state index in [4.69, 9.17) is 9.47 Å². The fourth-order valence-corrected chi connectivity index (χ4v) is 3.15. The van der Waals surface area contributed by atoms with E-state index in [1.807, 2.05) is 29.2 Å². The SMILES string of the molecule is COc1ccc([C@H]2CCCN2C(=O)c2ccc(OC)c(F)c2)cc1. The first-order chi connectivity index (χ1) is 11.6. The second-order valence-electron chi connectivity index (χ2n) is 5.78. The van der Waals surface area contributed by atoms with Gasteiger partial charge in [-0.15, -0.1) is 0 Å². The van der Waals surface area contributed by atoms with Crippen molar-refractivity contribution in [2.75, 3.05) is 20.8 Å². The number of rotatable bonds is 4. The predicted molar refractivity (Wildman–Crippen MR) is 89.0 cm³/mol. The van der Waals surface area contributed by atoms with Crippen molar-refractivity contribution in [3.8, 4) is 11.5 Å². The average molecular weight is 329 g/mol. The van der Waals surface area contributed by atoms with E-state index in [0.717, 1.165) is 24.2 Å². The van der Waals surface area contributed by atoms with Crippen molar-refractivity contribution in [1.82, 2.24) is 4.90 Å². The maximum absolute atomic E-state index is 13.9. The average Bonchev–Trinajstić information content (AvgIpc) is 3.10. The minimum Gasteiger partial charge on any atom is -0.497 e. The van der Waals surface area contributed by atoms with Gasteiger partial charge < -0.3 is 14.4 Å². The smallest absolute Gasteiger partial charge is 0.254 e. The van der Waals surface area contributed by atoms with Crippen molar-refractivity contribution in [2.45, 2.75) is 18.9 Å². The number of likely N-dealkylation sites (tertiary alicyclic amines) is 1. The molecule has 1 amide bonds. The summed E-state index contributed by atoms with van der Waals surface area (Å²) >= 11 is 0. The molecule has 0 unspecified atom stereocenters. The molecule has 24 heavy (non-hydrogen) atoms. The molecular formula is C19H20FNO3. The van der Waals surface area contributed by atoms with E-state index in [1.54, 1.807) is 13.2 Å². The van der Waals surface area contributed by atoms with E-state index >= 15 is 0 Å². The lowest BCUT2D eigenvalue weighted by Gasteiger charge is -2.25. The molecule has 2 aromatic carbocycles. The highest BCUT2D eigenvalue weighted by Gasteiger charge is 2.30. The molecule has 3 rings (SSSR count). The van der Waals surface area contributed by atoms with Crippen LogP contribution in [0.15, 0.2) is 42.5 Å². The molecule has 5 heteroatoms. The fourth-order valence-electron chi connectivity index (χ4n) is 3.15. The number of halogens is 1. The molecule has 1 aliphatic rings. The number of methoxy groups -OCH3 is 2. The molecule has 1 atom stereocenters. The molecule has 1 fully saturated rings. The lowest BCUT2D eigenvalue weighted by Crippen LogP contribution is -2.30. The van der Waals surface area contributed by atoms with E-state index in [9.17, 15) is 9.18 Å². The molecule has 1 aliphatic heterocycles. The van der Waals surface area contributed by atoms with Crippen LogP contribution in [0.3, 0.4) is 0 Å². The summed E-state index contributed by atoms with van der Waals surface area (Å²) in [6.07, 6.45) is 1.83. The molecule has 0 aliphatic carbocycles. The zero-order chi connectivity index (χ0) is 17.1. The van der Waals surface area contributed by atoms with E-state index in [0.29, 0.717) is 12.1 Å². The van der Waals surface area contributed by atoms with Crippen molar-refractivity contribution >= 4 is 5.91 Å². The number of amides is 1. The summed E-state index contributed by atoms with van der Waals surface area (Å²) in [5.74, 6) is 0.241. The van der Waals surface area contributed by atoms with Gasteiger partial charge in [0, 0.05) is 12.1 Å². The zero-order valence-corrected chi connectivity index (χ0v) is 13.8. The van der Waals surface area contributed by atoms with E-state index < -0.39 is 5.82 Å². The lowest BCUT2D eigenvalue weighted by molar-refractivity contribution is 0.0735. The van der Waals surface area contributed by atoms with Crippen LogP contribution in [0.2, 0.25) is 0 Å². The van der Waals surface area contributed by atoms with Crippen LogP contribution < -0.4 is 9.47 Å². The van der Waals surface area contributed by atoms with Crippen molar-refractivity contribution in [3.63, 3.8) is 0 Å². The monoisotopic (exact) mass is 329 g/mol. The van der Waals surface area contributed by atoms with Crippen LogP contribution in [0.25, 0.3) is 0 Å². The van der Waals surface area contributed by atoms with Crippen molar-refractivity contribution < 1.29 is 18.7 Å². The van der Waals surface area contributed by atoms with Gasteiger partial charge in [-0.25, -0.2) is 4.39 Å². The Hall–Kier alpha value is -2.56. The third kappa shape index (κ3) is 3.07. The highest BCUT2D eigenvalue weighted by atomic mass is 19.1. The Bertz CT molecular complexity index is 730. The Morgan fingerprint density at radius 3 is 2.50 bits per heavy atom. The zero-order valence-electron chi connectivity index (χ0n) is 13.8. The largest absolute Gasteiger partial charge is 0.497 e. The predicted octanol–water partition coefficient (Wildman–Crippen LogP) is 3.82. The molecule has 0 N–H and O–H groups in total. The van der Waals surface area contributed by atoms with Crippen LogP contribution in [0.5, 0.6) is 11.5 Å². The van der Waals surface area contributed by atoms with E-state index in [-0.39, 0.29) is 17.7 Å². The molecule has 0 radical (unpaired) electrons. The second-order valence-corrected chi connectivity index (χ2v) is 5.78. The maximum atomic E-state index is 13.9. The molecule has 1 saturated heterocycles. The van der Waals surface area contributed by atoms with Crippen molar-refractivity contribution in [2.24, 2.45) is 0 Å². The maximum Gasteiger partial charge on any atom is 0.254 e. The lowest BCUT2D eigenvalue weighted by atomic mass is 10.0. The van der Waals surface area contributed by atoms with E-state index in [2.05, 4.69) is 0 Å². The Morgan fingerprint density at radius 1 is 1.12 bits per heavy atom. The second kappa shape index (κ2) is 6.91. The van der Waals surface area contributed by atoms with Gasteiger partial charge in [-0.1, -0.05) is 12.1 Å². The van der Waals surface area contributed by atoms with Gasteiger partial charge in [0.1, 0.15) is 5.75 Å². The third-order valence-electron chi connectivity index (χ3n) is 4.41. The first-order valence-electron chi connectivity index (χ1n) is 7.92. The molecule has 4 nitrogen and oxygen atoms in total. The Morgan fingerprint density at radius 2 is 1.88 bits per heavy atom. The van der Waals surface area contributed by atoms with Crippen LogP contribution in [0.1, 0.15) is 34.8 Å². The topological polar surface area (TPSA) is 38.8 Å². The summed E-state index contributed by atoms with van der Waals surface area (Å²) in [5.41, 5.74) is 1.41. The molecule has 0 aromatic heterocycles. The summed E-state index contributed by atoms with van der Waals surface area (Å²) in [5, 5.41) is 0. The van der Waals surface area contributed by atoms with Crippen molar-refractivity contribution in [3.05, 3.63) is 59.4 Å².